The lowest BCUT2D eigenvalue weighted by atomic mass is 10.00. The molecule has 1 heterocycles. The van der Waals surface area contributed by atoms with E-state index in [4.69, 9.17) is 0 Å². The SMILES string of the molecule is Cc1cc(C)c(CNCc2cnn(C)c2C)c(C)c1. The Morgan fingerprint density at radius 1 is 1.05 bits per heavy atom. The van der Waals surface area contributed by atoms with E-state index in [0.29, 0.717) is 0 Å². The molecule has 1 N–H and O–H groups in total. The van der Waals surface area contributed by atoms with Gasteiger partial charge >= 0.3 is 0 Å². The molecule has 0 spiro atoms. The summed E-state index contributed by atoms with van der Waals surface area (Å²) in [6.07, 6.45) is 1.94. The first-order valence-electron chi connectivity index (χ1n) is 6.74. The van der Waals surface area contributed by atoms with E-state index in [0.717, 1.165) is 13.1 Å². The maximum atomic E-state index is 4.27. The number of rotatable bonds is 4. The molecule has 0 atom stereocenters. The quantitative estimate of drug-likeness (QED) is 0.912. The highest BCUT2D eigenvalue weighted by Gasteiger charge is 2.06. The van der Waals surface area contributed by atoms with Crippen LogP contribution >= 0.6 is 0 Å². The number of hydrogen-bond donors (Lipinski definition) is 1. The fraction of sp³-hybridized carbons (Fsp3) is 0.438. The van der Waals surface area contributed by atoms with Crippen LogP contribution in [0.3, 0.4) is 0 Å². The lowest BCUT2D eigenvalue weighted by Gasteiger charge is -2.12. The molecule has 0 bridgehead atoms. The summed E-state index contributed by atoms with van der Waals surface area (Å²) < 4.78 is 1.92. The van der Waals surface area contributed by atoms with E-state index in [9.17, 15) is 0 Å². The summed E-state index contributed by atoms with van der Waals surface area (Å²) in [7, 11) is 1.98. The second-order valence-electron chi connectivity index (χ2n) is 5.36. The average molecular weight is 257 g/mol. The molecule has 19 heavy (non-hydrogen) atoms. The van der Waals surface area contributed by atoms with Gasteiger partial charge in [0.05, 0.1) is 6.20 Å². The maximum Gasteiger partial charge on any atom is 0.0537 e. The molecule has 1 aromatic heterocycles. The third-order valence-electron chi connectivity index (χ3n) is 3.79. The van der Waals surface area contributed by atoms with Gasteiger partial charge in [0.2, 0.25) is 0 Å². The number of nitrogens with one attached hydrogen (secondary N) is 1. The lowest BCUT2D eigenvalue weighted by molar-refractivity contribution is 0.679. The first kappa shape index (κ1) is 13.8. The molecule has 0 saturated heterocycles. The number of benzene rings is 1. The van der Waals surface area contributed by atoms with Gasteiger partial charge in [0.15, 0.2) is 0 Å². The average Bonchev–Trinajstić information content (AvgIpc) is 2.64. The second-order valence-corrected chi connectivity index (χ2v) is 5.36. The molecule has 0 saturated carbocycles. The van der Waals surface area contributed by atoms with Crippen LogP contribution in [0.15, 0.2) is 18.3 Å². The molecule has 0 radical (unpaired) electrons. The van der Waals surface area contributed by atoms with Crippen LogP contribution in [0.25, 0.3) is 0 Å². The minimum Gasteiger partial charge on any atom is -0.308 e. The molecule has 0 aliphatic carbocycles. The summed E-state index contributed by atoms with van der Waals surface area (Å²) in [4.78, 5) is 0. The summed E-state index contributed by atoms with van der Waals surface area (Å²) in [5, 5.41) is 7.79. The first-order chi connectivity index (χ1) is 8.99. The molecule has 3 nitrogen and oxygen atoms in total. The second kappa shape index (κ2) is 5.57. The monoisotopic (exact) mass is 257 g/mol. The van der Waals surface area contributed by atoms with Crippen LogP contribution in [-0.2, 0) is 20.1 Å². The van der Waals surface area contributed by atoms with Crippen LogP contribution < -0.4 is 5.32 Å². The largest absolute Gasteiger partial charge is 0.308 e. The van der Waals surface area contributed by atoms with Crippen molar-refractivity contribution in [3.8, 4) is 0 Å². The van der Waals surface area contributed by atoms with Crippen molar-refractivity contribution in [3.63, 3.8) is 0 Å². The van der Waals surface area contributed by atoms with E-state index in [-0.39, 0.29) is 0 Å². The minimum absolute atomic E-state index is 0.867. The van der Waals surface area contributed by atoms with Crippen molar-refractivity contribution in [2.45, 2.75) is 40.8 Å². The Morgan fingerprint density at radius 3 is 2.21 bits per heavy atom. The molecule has 2 rings (SSSR count). The maximum absolute atomic E-state index is 4.27. The highest BCUT2D eigenvalue weighted by molar-refractivity contribution is 5.37. The van der Waals surface area contributed by atoms with Gasteiger partial charge in [0, 0.05) is 31.4 Å². The van der Waals surface area contributed by atoms with Crippen molar-refractivity contribution in [1.29, 1.82) is 0 Å². The lowest BCUT2D eigenvalue weighted by Crippen LogP contribution is -2.15. The van der Waals surface area contributed by atoms with E-state index >= 15 is 0 Å². The van der Waals surface area contributed by atoms with E-state index in [1.807, 2.05) is 17.9 Å². The van der Waals surface area contributed by atoms with Crippen molar-refractivity contribution in [1.82, 2.24) is 15.1 Å². The van der Waals surface area contributed by atoms with Crippen molar-refractivity contribution in [2.75, 3.05) is 0 Å². The number of nitrogens with zero attached hydrogens (tertiary/aromatic N) is 2. The van der Waals surface area contributed by atoms with Gasteiger partial charge in [0.25, 0.3) is 0 Å². The van der Waals surface area contributed by atoms with Crippen molar-refractivity contribution >= 4 is 0 Å². The summed E-state index contributed by atoms with van der Waals surface area (Å²) in [5.74, 6) is 0. The highest BCUT2D eigenvalue weighted by Crippen LogP contribution is 2.16. The predicted octanol–water partition coefficient (Wildman–Crippen LogP) is 2.94. The molecule has 0 amide bonds. The van der Waals surface area contributed by atoms with Gasteiger partial charge in [0.1, 0.15) is 0 Å². The number of aryl methyl sites for hydroxylation is 4. The summed E-state index contributed by atoms with van der Waals surface area (Å²) in [6, 6.07) is 4.50. The molecule has 0 aliphatic rings. The Hall–Kier alpha value is -1.61. The zero-order chi connectivity index (χ0) is 14.0. The van der Waals surface area contributed by atoms with Crippen LogP contribution in [0.4, 0.5) is 0 Å². The standard InChI is InChI=1S/C16H23N3/c1-11-6-12(2)16(13(3)7-11)10-17-8-15-9-18-19(5)14(15)4/h6-7,9,17H,8,10H2,1-5H3. The smallest absolute Gasteiger partial charge is 0.0537 e. The molecular weight excluding hydrogens is 234 g/mol. The predicted molar refractivity (Wildman–Crippen MR) is 79.1 cm³/mol. The van der Waals surface area contributed by atoms with E-state index < -0.39 is 0 Å². The van der Waals surface area contributed by atoms with Crippen LogP contribution in [0.2, 0.25) is 0 Å². The number of hydrogen-bond acceptors (Lipinski definition) is 2. The fourth-order valence-electron chi connectivity index (χ4n) is 2.53. The number of aromatic nitrogens is 2. The molecule has 0 aliphatic heterocycles. The molecule has 102 valence electrons. The van der Waals surface area contributed by atoms with E-state index in [1.165, 1.54) is 33.5 Å². The Balaban J connectivity index is 2.02. The first-order valence-corrected chi connectivity index (χ1v) is 6.74. The normalized spacial score (nSPS) is 11.0. The summed E-state index contributed by atoms with van der Waals surface area (Å²) in [6.45, 7) is 10.4. The topological polar surface area (TPSA) is 29.9 Å². The van der Waals surface area contributed by atoms with Gasteiger partial charge in [-0.15, -0.1) is 0 Å². The van der Waals surface area contributed by atoms with Crippen molar-refractivity contribution < 1.29 is 0 Å². The minimum atomic E-state index is 0.867. The van der Waals surface area contributed by atoms with Crippen molar-refractivity contribution in [3.05, 3.63) is 51.8 Å². The Morgan fingerprint density at radius 2 is 1.68 bits per heavy atom. The molecule has 0 fully saturated rings. The van der Waals surface area contributed by atoms with Crippen LogP contribution in [0.5, 0.6) is 0 Å². The highest BCUT2D eigenvalue weighted by atomic mass is 15.3. The van der Waals surface area contributed by atoms with Gasteiger partial charge < -0.3 is 5.32 Å². The van der Waals surface area contributed by atoms with Crippen molar-refractivity contribution in [2.24, 2.45) is 7.05 Å². The summed E-state index contributed by atoms with van der Waals surface area (Å²) in [5.41, 5.74) is 7.98. The summed E-state index contributed by atoms with van der Waals surface area (Å²) >= 11 is 0. The van der Waals surface area contributed by atoms with Gasteiger partial charge in [-0.05, 0) is 44.4 Å². The Bertz CT molecular complexity index is 559. The third kappa shape index (κ3) is 3.04. The third-order valence-corrected chi connectivity index (χ3v) is 3.79. The fourth-order valence-corrected chi connectivity index (χ4v) is 2.53. The molecule has 3 heteroatoms. The van der Waals surface area contributed by atoms with Gasteiger partial charge in [-0.25, -0.2) is 0 Å². The molecule has 1 aromatic carbocycles. The van der Waals surface area contributed by atoms with Crippen LogP contribution in [0, 0.1) is 27.7 Å². The van der Waals surface area contributed by atoms with Crippen LogP contribution in [0.1, 0.15) is 33.5 Å². The molecular formula is C16H23N3. The zero-order valence-electron chi connectivity index (χ0n) is 12.5. The molecule has 0 unspecified atom stereocenters. The Labute approximate surface area is 115 Å². The van der Waals surface area contributed by atoms with Gasteiger partial charge in [-0.3, -0.25) is 4.68 Å². The zero-order valence-corrected chi connectivity index (χ0v) is 12.5. The van der Waals surface area contributed by atoms with Gasteiger partial charge in [-0.1, -0.05) is 17.7 Å². The van der Waals surface area contributed by atoms with E-state index in [1.54, 1.807) is 0 Å². The Kier molecular flexibility index (Phi) is 4.05. The molecule has 2 aromatic rings. The van der Waals surface area contributed by atoms with Gasteiger partial charge in [-0.2, -0.15) is 5.10 Å². The van der Waals surface area contributed by atoms with Crippen LogP contribution in [-0.4, -0.2) is 9.78 Å². The van der Waals surface area contributed by atoms with E-state index in [2.05, 4.69) is 50.2 Å².